The van der Waals surface area contributed by atoms with Gasteiger partial charge in [0.2, 0.25) is 0 Å². The van der Waals surface area contributed by atoms with Gasteiger partial charge in [0.1, 0.15) is 0 Å². The van der Waals surface area contributed by atoms with Gasteiger partial charge >= 0.3 is 0 Å². The van der Waals surface area contributed by atoms with E-state index in [0.717, 1.165) is 6.07 Å². The second-order valence-electron chi connectivity index (χ2n) is 3.73. The van der Waals surface area contributed by atoms with E-state index in [1.165, 1.54) is 12.1 Å². The SMILES string of the molecule is CC(C)c1ccc(S(=O)(=O)Cl)cc1S(=O)(=O)Cl. The van der Waals surface area contributed by atoms with Gasteiger partial charge in [-0.25, -0.2) is 16.8 Å². The Hall–Kier alpha value is -0.300. The average molecular weight is 317 g/mol. The van der Waals surface area contributed by atoms with E-state index in [1.54, 1.807) is 13.8 Å². The van der Waals surface area contributed by atoms with E-state index in [1.807, 2.05) is 0 Å². The van der Waals surface area contributed by atoms with Crippen molar-refractivity contribution in [1.82, 2.24) is 0 Å². The van der Waals surface area contributed by atoms with Gasteiger partial charge in [0, 0.05) is 21.4 Å². The summed E-state index contributed by atoms with van der Waals surface area (Å²) in [6.07, 6.45) is 0. The minimum absolute atomic E-state index is 0.106. The molecule has 0 amide bonds. The van der Waals surface area contributed by atoms with E-state index in [0.29, 0.717) is 5.56 Å². The van der Waals surface area contributed by atoms with E-state index >= 15 is 0 Å². The van der Waals surface area contributed by atoms with Crippen molar-refractivity contribution in [2.45, 2.75) is 29.6 Å². The fourth-order valence-electron chi connectivity index (χ4n) is 1.35. The first kappa shape index (κ1) is 14.8. The van der Waals surface area contributed by atoms with Gasteiger partial charge < -0.3 is 0 Å². The number of benzene rings is 1. The monoisotopic (exact) mass is 316 g/mol. The fraction of sp³-hybridized carbons (Fsp3) is 0.333. The molecule has 0 radical (unpaired) electrons. The Labute approximate surface area is 109 Å². The molecule has 1 aromatic rings. The van der Waals surface area contributed by atoms with Crippen molar-refractivity contribution < 1.29 is 16.8 Å². The molecule has 0 atom stereocenters. The molecular weight excluding hydrogens is 307 g/mol. The molecule has 0 aliphatic carbocycles. The first-order valence-corrected chi connectivity index (χ1v) is 9.18. The van der Waals surface area contributed by atoms with Gasteiger partial charge in [-0.2, -0.15) is 0 Å². The van der Waals surface area contributed by atoms with Crippen LogP contribution in [0.3, 0.4) is 0 Å². The van der Waals surface area contributed by atoms with Gasteiger partial charge in [-0.15, -0.1) is 0 Å². The summed E-state index contributed by atoms with van der Waals surface area (Å²) in [4.78, 5) is -0.515. The van der Waals surface area contributed by atoms with Crippen molar-refractivity contribution in [2.75, 3.05) is 0 Å². The van der Waals surface area contributed by atoms with Crippen molar-refractivity contribution >= 4 is 39.5 Å². The van der Waals surface area contributed by atoms with E-state index in [2.05, 4.69) is 0 Å². The molecule has 0 aliphatic rings. The lowest BCUT2D eigenvalue weighted by atomic mass is 10.0. The third-order valence-corrected chi connectivity index (χ3v) is 4.88. The van der Waals surface area contributed by atoms with E-state index in [4.69, 9.17) is 21.4 Å². The molecule has 0 saturated carbocycles. The zero-order valence-corrected chi connectivity index (χ0v) is 12.2. The molecule has 1 aromatic carbocycles. The summed E-state index contributed by atoms with van der Waals surface area (Å²) >= 11 is 0. The Morgan fingerprint density at radius 1 is 1.00 bits per heavy atom. The lowest BCUT2D eigenvalue weighted by molar-refractivity contribution is 0.606. The third-order valence-electron chi connectivity index (χ3n) is 2.15. The summed E-state index contributed by atoms with van der Waals surface area (Å²) in [5.41, 5.74) is 0.448. The van der Waals surface area contributed by atoms with Gasteiger partial charge in [0.25, 0.3) is 18.1 Å². The summed E-state index contributed by atoms with van der Waals surface area (Å²) in [7, 11) is 2.42. The van der Waals surface area contributed by atoms with Crippen LogP contribution >= 0.6 is 21.4 Å². The molecule has 0 saturated heterocycles. The quantitative estimate of drug-likeness (QED) is 0.804. The second kappa shape index (κ2) is 4.76. The van der Waals surface area contributed by atoms with E-state index in [-0.39, 0.29) is 15.7 Å². The highest BCUT2D eigenvalue weighted by atomic mass is 35.7. The first-order valence-electron chi connectivity index (χ1n) is 4.56. The molecule has 0 aliphatic heterocycles. The van der Waals surface area contributed by atoms with Gasteiger partial charge in [-0.05, 0) is 23.6 Å². The summed E-state index contributed by atoms with van der Waals surface area (Å²) < 4.78 is 45.0. The van der Waals surface area contributed by atoms with Gasteiger partial charge in [-0.1, -0.05) is 19.9 Å². The second-order valence-corrected chi connectivity index (χ2v) is 8.83. The molecule has 0 spiro atoms. The maximum Gasteiger partial charge on any atom is 0.261 e. The molecule has 17 heavy (non-hydrogen) atoms. The highest BCUT2D eigenvalue weighted by Crippen LogP contribution is 2.29. The molecule has 96 valence electrons. The smallest absolute Gasteiger partial charge is 0.207 e. The Kier molecular flexibility index (Phi) is 4.13. The summed E-state index contributed by atoms with van der Waals surface area (Å²) in [6, 6.07) is 3.62. The molecule has 0 aromatic heterocycles. The van der Waals surface area contributed by atoms with Crippen molar-refractivity contribution in [1.29, 1.82) is 0 Å². The average Bonchev–Trinajstić information content (AvgIpc) is 2.14. The minimum Gasteiger partial charge on any atom is -0.207 e. The summed E-state index contributed by atoms with van der Waals surface area (Å²) in [6.45, 7) is 3.55. The number of halogens is 2. The fourth-order valence-corrected chi connectivity index (χ4v) is 3.46. The Morgan fingerprint density at radius 2 is 1.53 bits per heavy atom. The van der Waals surface area contributed by atoms with Crippen LogP contribution in [0.4, 0.5) is 0 Å². The van der Waals surface area contributed by atoms with Crippen LogP contribution in [0, 0.1) is 0 Å². The number of hydrogen-bond donors (Lipinski definition) is 0. The predicted molar refractivity (Wildman–Crippen MR) is 66.6 cm³/mol. The van der Waals surface area contributed by atoms with Crippen LogP contribution in [0.5, 0.6) is 0 Å². The zero-order valence-electron chi connectivity index (χ0n) is 9.01. The van der Waals surface area contributed by atoms with E-state index in [9.17, 15) is 16.8 Å². The standard InChI is InChI=1S/C9H10Cl2O4S2/c1-6(2)8-4-3-7(16(10,12)13)5-9(8)17(11,14)15/h3-6H,1-2H3. The van der Waals surface area contributed by atoms with Crippen LogP contribution in [0.25, 0.3) is 0 Å². The molecular formula is C9H10Cl2O4S2. The Balaban J connectivity index is 3.63. The Bertz CT molecular complexity index is 633. The molecule has 0 N–H and O–H groups in total. The normalized spacial score (nSPS) is 13.0. The maximum atomic E-state index is 11.4. The molecule has 4 nitrogen and oxygen atoms in total. The Morgan fingerprint density at radius 3 is 1.88 bits per heavy atom. The largest absolute Gasteiger partial charge is 0.261 e. The predicted octanol–water partition coefficient (Wildman–Crippen LogP) is 2.67. The van der Waals surface area contributed by atoms with Gasteiger partial charge in [-0.3, -0.25) is 0 Å². The number of hydrogen-bond acceptors (Lipinski definition) is 4. The highest BCUT2D eigenvalue weighted by Gasteiger charge is 2.21. The number of rotatable bonds is 3. The van der Waals surface area contributed by atoms with Crippen LogP contribution in [0.1, 0.15) is 25.3 Å². The van der Waals surface area contributed by atoms with Crippen molar-refractivity contribution in [3.8, 4) is 0 Å². The van der Waals surface area contributed by atoms with Crippen molar-refractivity contribution in [3.05, 3.63) is 23.8 Å². The summed E-state index contributed by atoms with van der Waals surface area (Å²) in [5, 5.41) is 0. The molecule has 0 fully saturated rings. The molecule has 0 heterocycles. The van der Waals surface area contributed by atoms with Crippen LogP contribution in [-0.4, -0.2) is 16.8 Å². The first-order chi connectivity index (χ1) is 7.53. The molecule has 8 heteroatoms. The van der Waals surface area contributed by atoms with Crippen LogP contribution in [0.15, 0.2) is 28.0 Å². The van der Waals surface area contributed by atoms with Gasteiger partial charge in [0.15, 0.2) is 0 Å². The maximum absolute atomic E-state index is 11.4. The van der Waals surface area contributed by atoms with Gasteiger partial charge in [0.05, 0.1) is 9.79 Å². The lowest BCUT2D eigenvalue weighted by Crippen LogP contribution is -2.02. The summed E-state index contributed by atoms with van der Waals surface area (Å²) in [5.74, 6) is -0.106. The third kappa shape index (κ3) is 3.58. The zero-order chi connectivity index (χ0) is 13.4. The van der Waals surface area contributed by atoms with Crippen molar-refractivity contribution in [3.63, 3.8) is 0 Å². The molecule has 0 bridgehead atoms. The van der Waals surface area contributed by atoms with Crippen LogP contribution in [0.2, 0.25) is 0 Å². The highest BCUT2D eigenvalue weighted by molar-refractivity contribution is 8.14. The molecule has 1 rings (SSSR count). The lowest BCUT2D eigenvalue weighted by Gasteiger charge is -2.11. The van der Waals surface area contributed by atoms with E-state index < -0.39 is 18.1 Å². The van der Waals surface area contributed by atoms with Crippen LogP contribution in [-0.2, 0) is 18.1 Å². The van der Waals surface area contributed by atoms with Crippen molar-refractivity contribution in [2.24, 2.45) is 0 Å². The topological polar surface area (TPSA) is 68.3 Å². The minimum atomic E-state index is -4.01. The molecule has 0 unspecified atom stereocenters. The van der Waals surface area contributed by atoms with Crippen LogP contribution < -0.4 is 0 Å².